The monoisotopic (exact) mass is 697 g/mol. The zero-order chi connectivity index (χ0) is 34.7. The van der Waals surface area contributed by atoms with Gasteiger partial charge in [-0.1, -0.05) is 117 Å². The molecule has 2 aromatic heterocycles. The van der Waals surface area contributed by atoms with Gasteiger partial charge in [-0.25, -0.2) is 15.0 Å². The molecule has 0 radical (unpaired) electrons. The number of ether oxygens (including phenoxy) is 3. The Kier molecular flexibility index (Phi) is 22.8. The van der Waals surface area contributed by atoms with Gasteiger partial charge in [0.1, 0.15) is 18.2 Å². The molecular formula is C34H60N5O8P. The van der Waals surface area contributed by atoms with Gasteiger partial charge in [0, 0.05) is 19.4 Å². The molecule has 0 spiro atoms. The van der Waals surface area contributed by atoms with Crippen molar-refractivity contribution < 1.29 is 37.4 Å². The number of aromatic nitrogens is 4. The molecule has 0 fully saturated rings. The summed E-state index contributed by atoms with van der Waals surface area (Å²) in [5, 5.41) is 0. The number of nitrogen functional groups attached to an aromatic ring is 1. The summed E-state index contributed by atoms with van der Waals surface area (Å²) in [6.45, 7) is 3.73. The van der Waals surface area contributed by atoms with Gasteiger partial charge in [-0.3, -0.25) is 23.2 Å². The molecule has 14 heteroatoms. The molecule has 48 heavy (non-hydrogen) atoms. The molecule has 0 bridgehead atoms. The Morgan fingerprint density at radius 3 is 1.69 bits per heavy atom. The molecule has 0 amide bonds. The summed E-state index contributed by atoms with van der Waals surface area (Å²) >= 11 is 0. The van der Waals surface area contributed by atoms with Crippen molar-refractivity contribution in [2.75, 3.05) is 32.3 Å². The number of nitrogens with zero attached hydrogens (tertiary/aromatic N) is 4. The van der Waals surface area contributed by atoms with Crippen LogP contribution in [0.2, 0.25) is 0 Å². The Bertz CT molecular complexity index is 1150. The molecule has 0 aliphatic rings. The standard InChI is InChI=1S/C34H60N5O8P/c1-3-5-7-9-11-13-15-17-19-21-30(40)44-27-46-48(42,29-43-24-23-39-26-38-32-33(35)36-25-37-34(32)39)47-28-45-31(41)22-20-18-16-14-12-10-8-6-4-2/h25-26H,3-24,27-29H2,1-2H3,(H2,35,36,37). The molecule has 0 aliphatic carbocycles. The lowest BCUT2D eigenvalue weighted by Gasteiger charge is -2.18. The van der Waals surface area contributed by atoms with Crippen molar-refractivity contribution in [3.8, 4) is 0 Å². The van der Waals surface area contributed by atoms with Gasteiger partial charge in [0.2, 0.25) is 13.6 Å². The van der Waals surface area contributed by atoms with Crippen LogP contribution >= 0.6 is 7.60 Å². The average Bonchev–Trinajstić information content (AvgIpc) is 3.49. The van der Waals surface area contributed by atoms with E-state index in [1.54, 1.807) is 10.9 Å². The Balaban J connectivity index is 1.72. The van der Waals surface area contributed by atoms with E-state index >= 15 is 0 Å². The number of imidazole rings is 1. The van der Waals surface area contributed by atoms with Crippen LogP contribution in [0.3, 0.4) is 0 Å². The second kappa shape index (κ2) is 26.3. The Labute approximate surface area is 286 Å². The fourth-order valence-corrected chi connectivity index (χ4v) is 6.17. The molecule has 2 aromatic rings. The number of esters is 2. The van der Waals surface area contributed by atoms with Crippen molar-refractivity contribution in [3.63, 3.8) is 0 Å². The summed E-state index contributed by atoms with van der Waals surface area (Å²) in [5.41, 5.74) is 6.86. The first-order valence-electron chi connectivity index (χ1n) is 18.1. The first kappa shape index (κ1) is 41.6. The number of carbonyl (C=O) groups excluding carboxylic acids is 2. The molecule has 0 aromatic carbocycles. The summed E-state index contributed by atoms with van der Waals surface area (Å²) in [4.78, 5) is 36.8. The second-order valence-corrected chi connectivity index (χ2v) is 14.2. The average molecular weight is 698 g/mol. The van der Waals surface area contributed by atoms with Crippen LogP contribution in [0.1, 0.15) is 142 Å². The van der Waals surface area contributed by atoms with Gasteiger partial charge in [-0.2, -0.15) is 0 Å². The highest BCUT2D eigenvalue weighted by Crippen LogP contribution is 2.48. The summed E-state index contributed by atoms with van der Waals surface area (Å²) < 4.78 is 41.8. The quantitative estimate of drug-likeness (QED) is 0.0346. The molecule has 0 saturated carbocycles. The van der Waals surface area contributed by atoms with E-state index in [-0.39, 0.29) is 25.3 Å². The summed E-state index contributed by atoms with van der Waals surface area (Å²) in [6.07, 6.45) is 23.5. The van der Waals surface area contributed by atoms with Gasteiger partial charge in [0.05, 0.1) is 12.9 Å². The van der Waals surface area contributed by atoms with Crippen LogP contribution in [-0.2, 0) is 44.0 Å². The zero-order valence-corrected chi connectivity index (χ0v) is 30.3. The number of hydrogen-bond acceptors (Lipinski definition) is 12. The SMILES string of the molecule is CCCCCCCCCCCC(=O)OCOP(=O)(COCCn1cnc2c(N)ncnc21)OCOC(=O)CCCCCCCCCCC. The molecule has 0 aliphatic heterocycles. The maximum absolute atomic E-state index is 13.4. The van der Waals surface area contributed by atoms with E-state index in [1.165, 1.54) is 83.4 Å². The van der Waals surface area contributed by atoms with E-state index in [4.69, 9.17) is 29.0 Å². The zero-order valence-electron chi connectivity index (χ0n) is 29.4. The van der Waals surface area contributed by atoms with Gasteiger partial charge in [0.15, 0.2) is 11.5 Å². The number of rotatable bonds is 31. The molecule has 2 heterocycles. The second-order valence-electron chi connectivity index (χ2n) is 12.2. The molecular weight excluding hydrogens is 637 g/mol. The van der Waals surface area contributed by atoms with Crippen LogP contribution in [0.4, 0.5) is 5.82 Å². The van der Waals surface area contributed by atoms with Crippen LogP contribution in [0.25, 0.3) is 11.2 Å². The van der Waals surface area contributed by atoms with Gasteiger partial charge in [0.25, 0.3) is 0 Å². The summed E-state index contributed by atoms with van der Waals surface area (Å²) in [5.74, 6) is -0.609. The fourth-order valence-electron chi connectivity index (χ4n) is 5.16. The van der Waals surface area contributed by atoms with Crippen molar-refractivity contribution in [1.82, 2.24) is 19.5 Å². The van der Waals surface area contributed by atoms with Crippen molar-refractivity contribution in [2.45, 2.75) is 149 Å². The summed E-state index contributed by atoms with van der Waals surface area (Å²) in [6, 6.07) is 0. The molecule has 0 atom stereocenters. The number of unbranched alkanes of at least 4 members (excludes halogenated alkanes) is 16. The summed E-state index contributed by atoms with van der Waals surface area (Å²) in [7, 11) is -3.95. The maximum Gasteiger partial charge on any atom is 0.361 e. The van der Waals surface area contributed by atoms with Crippen molar-refractivity contribution in [2.24, 2.45) is 0 Å². The number of nitrogens with two attached hydrogens (primary N) is 1. The van der Waals surface area contributed by atoms with E-state index < -0.39 is 39.5 Å². The van der Waals surface area contributed by atoms with Gasteiger partial charge < -0.3 is 24.5 Å². The Morgan fingerprint density at radius 1 is 0.708 bits per heavy atom. The van der Waals surface area contributed by atoms with Gasteiger partial charge >= 0.3 is 19.5 Å². The topological polar surface area (TPSA) is 167 Å². The molecule has 13 nitrogen and oxygen atoms in total. The molecule has 0 saturated heterocycles. The highest BCUT2D eigenvalue weighted by atomic mass is 31.2. The molecule has 2 rings (SSSR count). The Morgan fingerprint density at radius 2 is 1.19 bits per heavy atom. The lowest BCUT2D eigenvalue weighted by Crippen LogP contribution is -2.14. The largest absolute Gasteiger partial charge is 0.438 e. The normalized spacial score (nSPS) is 11.7. The minimum atomic E-state index is -3.95. The van der Waals surface area contributed by atoms with Crippen LogP contribution in [0, 0.1) is 0 Å². The third-order valence-corrected chi connectivity index (χ3v) is 9.56. The minimum absolute atomic E-state index is 0.114. The Hall–Kier alpha value is -2.60. The molecule has 274 valence electrons. The maximum atomic E-state index is 13.4. The third kappa shape index (κ3) is 18.8. The van der Waals surface area contributed by atoms with Crippen molar-refractivity contribution >= 4 is 36.5 Å². The van der Waals surface area contributed by atoms with Crippen LogP contribution in [-0.4, -0.2) is 58.0 Å². The third-order valence-electron chi connectivity index (χ3n) is 8.06. The predicted octanol–water partition coefficient (Wildman–Crippen LogP) is 8.45. The van der Waals surface area contributed by atoms with E-state index in [0.29, 0.717) is 17.7 Å². The number of carbonyl (C=O) groups is 2. The smallest absolute Gasteiger partial charge is 0.361 e. The van der Waals surface area contributed by atoms with Crippen LogP contribution in [0.5, 0.6) is 0 Å². The highest BCUT2D eigenvalue weighted by molar-refractivity contribution is 7.53. The fraction of sp³-hybridized carbons (Fsp3) is 0.794. The van der Waals surface area contributed by atoms with E-state index in [2.05, 4.69) is 28.8 Å². The molecule has 2 N–H and O–H groups in total. The van der Waals surface area contributed by atoms with Crippen LogP contribution < -0.4 is 5.73 Å². The van der Waals surface area contributed by atoms with E-state index in [1.807, 2.05) is 0 Å². The lowest BCUT2D eigenvalue weighted by molar-refractivity contribution is -0.152. The van der Waals surface area contributed by atoms with E-state index in [0.717, 1.165) is 38.5 Å². The highest BCUT2D eigenvalue weighted by Gasteiger charge is 2.27. The van der Waals surface area contributed by atoms with Crippen LogP contribution in [0.15, 0.2) is 12.7 Å². The van der Waals surface area contributed by atoms with Gasteiger partial charge in [-0.05, 0) is 12.8 Å². The van der Waals surface area contributed by atoms with E-state index in [9.17, 15) is 14.2 Å². The lowest BCUT2D eigenvalue weighted by atomic mass is 10.1. The number of anilines is 1. The first-order valence-corrected chi connectivity index (χ1v) is 19.8. The first-order chi connectivity index (χ1) is 23.4. The van der Waals surface area contributed by atoms with Crippen molar-refractivity contribution in [1.29, 1.82) is 0 Å². The van der Waals surface area contributed by atoms with Gasteiger partial charge in [-0.15, -0.1) is 0 Å². The predicted molar refractivity (Wildman–Crippen MR) is 186 cm³/mol. The number of hydrogen-bond donors (Lipinski definition) is 1. The molecule has 0 unspecified atom stereocenters. The number of fused-ring (bicyclic) bond motifs is 1. The van der Waals surface area contributed by atoms with Crippen molar-refractivity contribution in [3.05, 3.63) is 12.7 Å². The minimum Gasteiger partial charge on any atom is -0.438 e.